The molecule has 126 valence electrons. The molecule has 0 radical (unpaired) electrons. The van der Waals surface area contributed by atoms with E-state index in [-0.39, 0.29) is 0 Å². The third-order valence-electron chi connectivity index (χ3n) is 5.12. The van der Waals surface area contributed by atoms with E-state index in [2.05, 4.69) is 20.4 Å². The van der Waals surface area contributed by atoms with Crippen molar-refractivity contribution in [3.8, 4) is 0 Å². The maximum Gasteiger partial charge on any atom is 0.190 e. The Labute approximate surface area is 135 Å². The first kappa shape index (κ1) is 19.2. The molecule has 0 bridgehead atoms. The molecule has 0 N–H and O–H groups in total. The molecule has 0 spiro atoms. The molecule has 1 aliphatic heterocycles. The molecule has 1 rings (SSSR count). The van der Waals surface area contributed by atoms with Crippen LogP contribution in [0, 0.1) is 0 Å². The van der Waals surface area contributed by atoms with E-state index in [1.807, 2.05) is 0 Å². The highest BCUT2D eigenvalue weighted by Gasteiger charge is 2.33. The normalized spacial score (nSPS) is 19.6. The Morgan fingerprint density at radius 1 is 0.762 bits per heavy atom. The van der Waals surface area contributed by atoms with E-state index in [1.54, 1.807) is 0 Å². The Balaban J connectivity index is 2.26. The van der Waals surface area contributed by atoms with Crippen molar-refractivity contribution >= 4 is 8.32 Å². The lowest BCUT2D eigenvalue weighted by atomic mass is 10.0. The molecule has 0 saturated carbocycles. The zero-order valence-corrected chi connectivity index (χ0v) is 16.1. The lowest BCUT2D eigenvalue weighted by molar-refractivity contribution is 0.158. The molecule has 1 unspecified atom stereocenters. The SMILES string of the molecule is CCCCCCCCC(CCCC)O[Si]1(C)CCCCC1. The van der Waals surface area contributed by atoms with E-state index in [0.29, 0.717) is 6.10 Å². The van der Waals surface area contributed by atoms with Gasteiger partial charge in [0.25, 0.3) is 0 Å². The van der Waals surface area contributed by atoms with Crippen LogP contribution in [0.2, 0.25) is 18.6 Å². The molecule has 0 amide bonds. The number of unbranched alkanes of at least 4 members (excludes halogenated alkanes) is 6. The quantitative estimate of drug-likeness (QED) is 0.276. The van der Waals surface area contributed by atoms with Crippen LogP contribution in [0.5, 0.6) is 0 Å². The smallest absolute Gasteiger partial charge is 0.190 e. The van der Waals surface area contributed by atoms with Crippen molar-refractivity contribution < 1.29 is 4.43 Å². The van der Waals surface area contributed by atoms with Gasteiger partial charge >= 0.3 is 0 Å². The summed E-state index contributed by atoms with van der Waals surface area (Å²) >= 11 is 0. The van der Waals surface area contributed by atoms with Crippen LogP contribution in [0.3, 0.4) is 0 Å². The summed E-state index contributed by atoms with van der Waals surface area (Å²) in [6.07, 6.45) is 18.7. The highest BCUT2D eigenvalue weighted by atomic mass is 28.4. The molecule has 1 fully saturated rings. The Morgan fingerprint density at radius 2 is 1.33 bits per heavy atom. The van der Waals surface area contributed by atoms with Crippen LogP contribution in [0.1, 0.15) is 97.3 Å². The summed E-state index contributed by atoms with van der Waals surface area (Å²) in [5.74, 6) is 0. The van der Waals surface area contributed by atoms with Gasteiger partial charge in [-0.1, -0.05) is 84.5 Å². The van der Waals surface area contributed by atoms with Crippen LogP contribution in [0.25, 0.3) is 0 Å². The number of rotatable bonds is 12. The molecular formula is C19H40OSi. The van der Waals surface area contributed by atoms with Crippen LogP contribution >= 0.6 is 0 Å². The molecule has 1 heterocycles. The minimum Gasteiger partial charge on any atom is -0.414 e. The first-order valence-electron chi connectivity index (χ1n) is 9.88. The molecular weight excluding hydrogens is 272 g/mol. The topological polar surface area (TPSA) is 9.23 Å². The monoisotopic (exact) mass is 312 g/mol. The van der Waals surface area contributed by atoms with Crippen molar-refractivity contribution in [1.82, 2.24) is 0 Å². The van der Waals surface area contributed by atoms with Gasteiger partial charge in [0.15, 0.2) is 8.32 Å². The van der Waals surface area contributed by atoms with Crippen molar-refractivity contribution in [3.05, 3.63) is 0 Å². The van der Waals surface area contributed by atoms with Crippen LogP contribution in [0.4, 0.5) is 0 Å². The first-order chi connectivity index (χ1) is 10.2. The molecule has 0 aliphatic carbocycles. The standard InChI is InChI=1S/C19H40OSi/c1-4-6-8-9-10-12-16-19(15-7-5-2)20-21(3)17-13-11-14-18-21/h19H,4-18H2,1-3H3. The molecule has 1 saturated heterocycles. The lowest BCUT2D eigenvalue weighted by Gasteiger charge is -2.35. The molecule has 2 heteroatoms. The largest absolute Gasteiger partial charge is 0.414 e. The van der Waals surface area contributed by atoms with Crippen molar-refractivity contribution in [1.29, 1.82) is 0 Å². The zero-order valence-electron chi connectivity index (χ0n) is 15.1. The average Bonchev–Trinajstić information content (AvgIpc) is 2.48. The fraction of sp³-hybridized carbons (Fsp3) is 1.00. The van der Waals surface area contributed by atoms with E-state index in [1.165, 1.54) is 95.6 Å². The lowest BCUT2D eigenvalue weighted by Crippen LogP contribution is -2.40. The van der Waals surface area contributed by atoms with Crippen LogP contribution < -0.4 is 0 Å². The van der Waals surface area contributed by atoms with Crippen LogP contribution in [-0.2, 0) is 4.43 Å². The average molecular weight is 313 g/mol. The van der Waals surface area contributed by atoms with E-state index in [0.717, 1.165) is 0 Å². The highest BCUT2D eigenvalue weighted by Crippen LogP contribution is 2.32. The molecule has 0 aromatic rings. The highest BCUT2D eigenvalue weighted by molar-refractivity contribution is 6.72. The summed E-state index contributed by atoms with van der Waals surface area (Å²) in [6.45, 7) is 7.11. The Hall–Kier alpha value is 0.177. The summed E-state index contributed by atoms with van der Waals surface area (Å²) in [5.41, 5.74) is 0. The van der Waals surface area contributed by atoms with Gasteiger partial charge in [-0.25, -0.2) is 0 Å². The molecule has 0 aromatic heterocycles. The maximum absolute atomic E-state index is 6.75. The second-order valence-electron chi connectivity index (χ2n) is 7.45. The van der Waals surface area contributed by atoms with E-state index >= 15 is 0 Å². The maximum atomic E-state index is 6.75. The van der Waals surface area contributed by atoms with Gasteiger partial charge in [-0.2, -0.15) is 0 Å². The Morgan fingerprint density at radius 3 is 2.00 bits per heavy atom. The zero-order chi connectivity index (χ0) is 15.4. The minimum absolute atomic E-state index is 0.589. The summed E-state index contributed by atoms with van der Waals surface area (Å²) in [4.78, 5) is 0. The van der Waals surface area contributed by atoms with Gasteiger partial charge < -0.3 is 4.43 Å². The summed E-state index contributed by atoms with van der Waals surface area (Å²) < 4.78 is 6.75. The Bertz CT molecular complexity index is 236. The predicted molar refractivity (Wildman–Crippen MR) is 97.5 cm³/mol. The molecule has 1 nitrogen and oxygen atoms in total. The second kappa shape index (κ2) is 11.7. The van der Waals surface area contributed by atoms with Crippen molar-refractivity contribution in [2.24, 2.45) is 0 Å². The molecule has 0 aromatic carbocycles. The Kier molecular flexibility index (Phi) is 10.7. The van der Waals surface area contributed by atoms with E-state index < -0.39 is 8.32 Å². The fourth-order valence-electron chi connectivity index (χ4n) is 3.67. The minimum atomic E-state index is -1.33. The van der Waals surface area contributed by atoms with Gasteiger partial charge in [-0.05, 0) is 31.5 Å². The van der Waals surface area contributed by atoms with Crippen LogP contribution in [0.15, 0.2) is 0 Å². The summed E-state index contributed by atoms with van der Waals surface area (Å²) in [5, 5.41) is 0. The van der Waals surface area contributed by atoms with Crippen molar-refractivity contribution in [2.75, 3.05) is 0 Å². The molecule has 1 atom stereocenters. The third-order valence-corrected chi connectivity index (χ3v) is 8.85. The second-order valence-corrected chi connectivity index (χ2v) is 11.6. The number of hydrogen-bond acceptors (Lipinski definition) is 1. The van der Waals surface area contributed by atoms with Gasteiger partial charge in [0.05, 0.1) is 0 Å². The van der Waals surface area contributed by atoms with Gasteiger partial charge in [0.2, 0.25) is 0 Å². The van der Waals surface area contributed by atoms with Gasteiger partial charge in [-0.3, -0.25) is 0 Å². The van der Waals surface area contributed by atoms with Gasteiger partial charge in [-0.15, -0.1) is 0 Å². The van der Waals surface area contributed by atoms with Crippen LogP contribution in [-0.4, -0.2) is 14.4 Å². The van der Waals surface area contributed by atoms with Gasteiger partial charge in [0, 0.05) is 6.10 Å². The molecule has 1 aliphatic rings. The third kappa shape index (κ3) is 9.03. The predicted octanol–water partition coefficient (Wildman–Crippen LogP) is 7.07. The molecule has 21 heavy (non-hydrogen) atoms. The van der Waals surface area contributed by atoms with Crippen molar-refractivity contribution in [2.45, 2.75) is 122 Å². The van der Waals surface area contributed by atoms with Crippen molar-refractivity contribution in [3.63, 3.8) is 0 Å². The van der Waals surface area contributed by atoms with E-state index in [9.17, 15) is 0 Å². The fourth-order valence-corrected chi connectivity index (χ4v) is 7.19. The van der Waals surface area contributed by atoms with E-state index in [4.69, 9.17) is 4.43 Å². The summed E-state index contributed by atoms with van der Waals surface area (Å²) in [7, 11) is -1.33. The van der Waals surface area contributed by atoms with Gasteiger partial charge in [0.1, 0.15) is 0 Å². The number of hydrogen-bond donors (Lipinski definition) is 0. The summed E-state index contributed by atoms with van der Waals surface area (Å²) in [6, 6.07) is 2.85. The first-order valence-corrected chi connectivity index (χ1v) is 12.7.